The van der Waals surface area contributed by atoms with Crippen molar-refractivity contribution in [3.05, 3.63) is 35.4 Å². The molecule has 0 saturated carbocycles. The number of benzene rings is 1. The van der Waals surface area contributed by atoms with Crippen molar-refractivity contribution in [1.82, 2.24) is 5.32 Å². The molecule has 0 aliphatic carbocycles. The van der Waals surface area contributed by atoms with Gasteiger partial charge in [-0.3, -0.25) is 4.79 Å². The van der Waals surface area contributed by atoms with Crippen LogP contribution in [0.15, 0.2) is 24.3 Å². The van der Waals surface area contributed by atoms with E-state index in [1.165, 1.54) is 0 Å². The Bertz CT molecular complexity index is 550. The molecule has 1 amide bonds. The van der Waals surface area contributed by atoms with Crippen LogP contribution in [0.25, 0.3) is 0 Å². The Labute approximate surface area is 140 Å². The minimum Gasteiger partial charge on any atom is -0.394 e. The number of aliphatic hydroxyl groups is 4. The fourth-order valence-electron chi connectivity index (χ4n) is 2.71. The van der Waals surface area contributed by atoms with E-state index >= 15 is 0 Å². The van der Waals surface area contributed by atoms with Crippen LogP contribution in [0.4, 0.5) is 0 Å². The van der Waals surface area contributed by atoms with Crippen LogP contribution in [-0.2, 0) is 4.74 Å². The first-order chi connectivity index (χ1) is 11.5. The molecule has 1 aliphatic rings. The van der Waals surface area contributed by atoms with Crippen molar-refractivity contribution in [2.75, 3.05) is 13.2 Å². The van der Waals surface area contributed by atoms with Gasteiger partial charge in [0.05, 0.1) is 6.61 Å². The van der Waals surface area contributed by atoms with Crippen LogP contribution >= 0.6 is 0 Å². The van der Waals surface area contributed by atoms with Gasteiger partial charge in [0, 0.05) is 12.1 Å². The van der Waals surface area contributed by atoms with Crippen molar-refractivity contribution in [2.45, 2.75) is 50.3 Å². The Kier molecular flexibility index (Phi) is 6.70. The summed E-state index contributed by atoms with van der Waals surface area (Å²) in [6.45, 7) is 2.13. The molecule has 0 aromatic heterocycles. The third kappa shape index (κ3) is 4.12. The molecule has 7 nitrogen and oxygen atoms in total. The van der Waals surface area contributed by atoms with Crippen molar-refractivity contribution in [1.29, 1.82) is 0 Å². The number of carbonyl (C=O) groups excluding carboxylic acids is 1. The van der Waals surface area contributed by atoms with Gasteiger partial charge < -0.3 is 30.5 Å². The van der Waals surface area contributed by atoms with Gasteiger partial charge in [0.15, 0.2) is 0 Å². The minimum atomic E-state index is -1.44. The van der Waals surface area contributed by atoms with Crippen molar-refractivity contribution < 1.29 is 30.0 Å². The molecular formula is C17H25NO6. The van der Waals surface area contributed by atoms with Crippen LogP contribution in [0.2, 0.25) is 0 Å². The number of amides is 1. The summed E-state index contributed by atoms with van der Waals surface area (Å²) in [6, 6.07) is 6.55. The van der Waals surface area contributed by atoms with E-state index in [0.717, 1.165) is 12.8 Å². The average Bonchev–Trinajstić information content (AvgIpc) is 2.60. The smallest absolute Gasteiger partial charge is 0.251 e. The highest BCUT2D eigenvalue weighted by molar-refractivity contribution is 5.94. The average molecular weight is 339 g/mol. The molecule has 24 heavy (non-hydrogen) atoms. The Hall–Kier alpha value is -1.51. The first-order valence-electron chi connectivity index (χ1n) is 8.18. The molecule has 5 N–H and O–H groups in total. The van der Waals surface area contributed by atoms with Gasteiger partial charge in [-0.2, -0.15) is 0 Å². The second-order valence-electron chi connectivity index (χ2n) is 5.98. The van der Waals surface area contributed by atoms with E-state index in [-0.39, 0.29) is 5.91 Å². The van der Waals surface area contributed by atoms with Gasteiger partial charge in [-0.05, 0) is 24.1 Å². The van der Waals surface area contributed by atoms with Gasteiger partial charge in [-0.25, -0.2) is 0 Å². The molecule has 134 valence electrons. The zero-order valence-electron chi connectivity index (χ0n) is 13.6. The topological polar surface area (TPSA) is 119 Å². The van der Waals surface area contributed by atoms with E-state index < -0.39 is 37.1 Å². The number of carbonyl (C=O) groups is 1. The second-order valence-corrected chi connectivity index (χ2v) is 5.98. The maximum absolute atomic E-state index is 12.1. The molecule has 2 rings (SSSR count). The van der Waals surface area contributed by atoms with Gasteiger partial charge >= 0.3 is 0 Å². The normalized spacial score (nSPS) is 30.1. The molecular weight excluding hydrogens is 314 g/mol. The number of aliphatic hydroxyl groups excluding tert-OH is 4. The van der Waals surface area contributed by atoms with Gasteiger partial charge in [-0.15, -0.1) is 0 Å². The lowest BCUT2D eigenvalue weighted by Crippen LogP contribution is -2.55. The van der Waals surface area contributed by atoms with E-state index in [2.05, 4.69) is 5.32 Å². The van der Waals surface area contributed by atoms with Crippen molar-refractivity contribution in [3.8, 4) is 0 Å². The van der Waals surface area contributed by atoms with Crippen LogP contribution < -0.4 is 5.32 Å². The molecule has 0 bridgehead atoms. The molecule has 1 heterocycles. The highest BCUT2D eigenvalue weighted by Gasteiger charge is 2.43. The number of unbranched alkanes of at least 4 members (excludes halogenated alkanes) is 1. The third-order valence-electron chi connectivity index (χ3n) is 4.19. The summed E-state index contributed by atoms with van der Waals surface area (Å²) in [6.07, 6.45) is -4.26. The molecule has 0 spiro atoms. The largest absolute Gasteiger partial charge is 0.394 e. The SMILES string of the molecule is CCCCNC(=O)c1cccc([C@H]2O[C@H](CO)[C@@H](O)[C@H](O)[C@@H]2O)c1. The monoisotopic (exact) mass is 339 g/mol. The Balaban J connectivity index is 2.16. The lowest BCUT2D eigenvalue weighted by molar-refractivity contribution is -0.231. The summed E-state index contributed by atoms with van der Waals surface area (Å²) in [7, 11) is 0. The molecule has 0 unspecified atom stereocenters. The number of hydrogen-bond donors (Lipinski definition) is 5. The first-order valence-corrected chi connectivity index (χ1v) is 8.18. The Morgan fingerprint density at radius 1 is 1.21 bits per heavy atom. The van der Waals surface area contributed by atoms with Crippen LogP contribution in [-0.4, -0.2) is 63.9 Å². The molecule has 1 aromatic rings. The van der Waals surface area contributed by atoms with Gasteiger partial charge in [0.2, 0.25) is 0 Å². The summed E-state index contributed by atoms with van der Waals surface area (Å²) in [5, 5.41) is 41.9. The quantitative estimate of drug-likeness (QED) is 0.455. The van der Waals surface area contributed by atoms with Crippen molar-refractivity contribution in [2.24, 2.45) is 0 Å². The number of rotatable bonds is 6. The maximum atomic E-state index is 12.1. The molecule has 1 saturated heterocycles. The summed E-state index contributed by atoms with van der Waals surface area (Å²) < 4.78 is 5.51. The molecule has 5 atom stereocenters. The second kappa shape index (κ2) is 8.55. The lowest BCUT2D eigenvalue weighted by Gasteiger charge is -2.40. The van der Waals surface area contributed by atoms with Gasteiger partial charge in [0.25, 0.3) is 5.91 Å². The molecule has 1 aliphatic heterocycles. The maximum Gasteiger partial charge on any atom is 0.251 e. The summed E-state index contributed by atoms with van der Waals surface area (Å²) in [5.41, 5.74) is 0.913. The zero-order chi connectivity index (χ0) is 17.7. The summed E-state index contributed by atoms with van der Waals surface area (Å²) in [4.78, 5) is 12.1. The first kappa shape index (κ1) is 18.8. The zero-order valence-corrected chi connectivity index (χ0v) is 13.6. The fraction of sp³-hybridized carbons (Fsp3) is 0.588. The predicted molar refractivity (Wildman–Crippen MR) is 86.4 cm³/mol. The molecule has 0 radical (unpaired) electrons. The van der Waals surface area contributed by atoms with Crippen molar-refractivity contribution >= 4 is 5.91 Å². The number of nitrogens with one attached hydrogen (secondary N) is 1. The van der Waals surface area contributed by atoms with E-state index in [4.69, 9.17) is 4.74 Å². The van der Waals surface area contributed by atoms with E-state index in [1.54, 1.807) is 24.3 Å². The van der Waals surface area contributed by atoms with Crippen molar-refractivity contribution in [3.63, 3.8) is 0 Å². The van der Waals surface area contributed by atoms with Crippen LogP contribution in [0.3, 0.4) is 0 Å². The lowest BCUT2D eigenvalue weighted by atomic mass is 9.90. The number of ether oxygens (including phenoxy) is 1. The van der Waals surface area contributed by atoms with Gasteiger partial charge in [0.1, 0.15) is 30.5 Å². The van der Waals surface area contributed by atoms with Crippen LogP contribution in [0.1, 0.15) is 41.8 Å². The third-order valence-corrected chi connectivity index (χ3v) is 4.19. The number of hydrogen-bond acceptors (Lipinski definition) is 6. The molecule has 1 aromatic carbocycles. The summed E-state index contributed by atoms with van der Waals surface area (Å²) >= 11 is 0. The van der Waals surface area contributed by atoms with Crippen LogP contribution in [0, 0.1) is 0 Å². The fourth-order valence-corrected chi connectivity index (χ4v) is 2.71. The Morgan fingerprint density at radius 3 is 2.62 bits per heavy atom. The standard InChI is InChI=1S/C17H25NO6/c1-2-3-7-18-17(23)11-6-4-5-10(8-11)16-15(22)14(21)13(20)12(9-19)24-16/h4-6,8,12-16,19-22H,2-3,7,9H2,1H3,(H,18,23)/t12-,13-,14+,15+,16-/m1/s1. The highest BCUT2D eigenvalue weighted by atomic mass is 16.5. The van der Waals surface area contributed by atoms with Crippen LogP contribution in [0.5, 0.6) is 0 Å². The minimum absolute atomic E-state index is 0.227. The molecule has 1 fully saturated rings. The van der Waals surface area contributed by atoms with E-state index in [1.807, 2.05) is 6.92 Å². The van der Waals surface area contributed by atoms with E-state index in [0.29, 0.717) is 17.7 Å². The highest BCUT2D eigenvalue weighted by Crippen LogP contribution is 2.32. The molecule has 7 heteroatoms. The van der Waals surface area contributed by atoms with E-state index in [9.17, 15) is 25.2 Å². The summed E-state index contributed by atoms with van der Waals surface area (Å²) in [5.74, 6) is -0.227. The van der Waals surface area contributed by atoms with Gasteiger partial charge in [-0.1, -0.05) is 25.5 Å². The predicted octanol–water partition coefficient (Wildman–Crippen LogP) is -0.269. The Morgan fingerprint density at radius 2 is 1.96 bits per heavy atom.